The Labute approximate surface area is 116 Å². The number of hydrogen-bond acceptors (Lipinski definition) is 4. The molecule has 0 aliphatic carbocycles. The largest absolute Gasteiger partial charge is 0.444 e. The third-order valence-electron chi connectivity index (χ3n) is 2.84. The van der Waals surface area contributed by atoms with Crippen LogP contribution in [0, 0.1) is 5.92 Å². The predicted octanol–water partition coefficient (Wildman–Crippen LogP) is 2.56. The number of carbonyl (C=O) groups is 1. The van der Waals surface area contributed by atoms with Gasteiger partial charge in [-0.2, -0.15) is 0 Å². The molecular weight excluding hydrogens is 244 g/mol. The lowest BCUT2D eigenvalue weighted by Gasteiger charge is -2.28. The van der Waals surface area contributed by atoms with Gasteiger partial charge in [-0.25, -0.2) is 10.3 Å². The van der Waals surface area contributed by atoms with E-state index in [0.29, 0.717) is 19.1 Å². The van der Waals surface area contributed by atoms with Crippen LogP contribution in [0.2, 0.25) is 0 Å². The second-order valence-electron chi connectivity index (χ2n) is 6.52. The number of hydrogen-bond donors (Lipinski definition) is 1. The number of nitrogens with one attached hydrogen (secondary N) is 1. The first-order chi connectivity index (χ1) is 8.79. The number of nitrogens with zero attached hydrogens (tertiary/aromatic N) is 1. The topological polar surface area (TPSA) is 50.8 Å². The maximum atomic E-state index is 12.0. The highest BCUT2D eigenvalue weighted by molar-refractivity contribution is 5.69. The molecule has 1 saturated heterocycles. The van der Waals surface area contributed by atoms with Gasteiger partial charge in [0.1, 0.15) is 5.60 Å². The lowest BCUT2D eigenvalue weighted by atomic mass is 10.2. The Hall–Kier alpha value is -0.810. The zero-order valence-electron chi connectivity index (χ0n) is 12.9. The number of carbonyl (C=O) groups excluding carboxylic acids is 1. The summed E-state index contributed by atoms with van der Waals surface area (Å²) in [5.74, 6) is 0.498. The molecule has 0 aromatic heterocycles. The van der Waals surface area contributed by atoms with E-state index < -0.39 is 5.60 Å². The first-order valence-corrected chi connectivity index (χ1v) is 7.14. The SMILES string of the molecule is CC(C)CONCC1CCCN1C(=O)OC(C)(C)C. The highest BCUT2D eigenvalue weighted by atomic mass is 16.6. The molecule has 0 spiro atoms. The molecule has 19 heavy (non-hydrogen) atoms. The van der Waals surface area contributed by atoms with E-state index in [1.807, 2.05) is 20.8 Å². The summed E-state index contributed by atoms with van der Waals surface area (Å²) in [6.07, 6.45) is 1.80. The third kappa shape index (κ3) is 6.25. The Balaban J connectivity index is 2.35. The summed E-state index contributed by atoms with van der Waals surface area (Å²) in [5.41, 5.74) is 2.52. The van der Waals surface area contributed by atoms with Crippen molar-refractivity contribution in [3.8, 4) is 0 Å². The predicted molar refractivity (Wildman–Crippen MR) is 74.8 cm³/mol. The molecule has 1 rings (SSSR count). The minimum Gasteiger partial charge on any atom is -0.444 e. The Morgan fingerprint density at radius 2 is 2.11 bits per heavy atom. The van der Waals surface area contributed by atoms with Gasteiger partial charge in [-0.3, -0.25) is 0 Å². The van der Waals surface area contributed by atoms with Crippen LogP contribution in [0.3, 0.4) is 0 Å². The van der Waals surface area contributed by atoms with Gasteiger partial charge in [-0.05, 0) is 39.5 Å². The van der Waals surface area contributed by atoms with Crippen LogP contribution in [0.15, 0.2) is 0 Å². The monoisotopic (exact) mass is 272 g/mol. The zero-order valence-corrected chi connectivity index (χ0v) is 12.9. The Bertz CT molecular complexity index is 287. The van der Waals surface area contributed by atoms with Gasteiger partial charge in [0.25, 0.3) is 0 Å². The van der Waals surface area contributed by atoms with Crippen LogP contribution in [0.25, 0.3) is 0 Å². The van der Waals surface area contributed by atoms with Gasteiger partial charge in [0.2, 0.25) is 0 Å². The van der Waals surface area contributed by atoms with Gasteiger partial charge < -0.3 is 14.5 Å². The number of ether oxygens (including phenoxy) is 1. The Kier molecular flexibility index (Phi) is 6.07. The minimum atomic E-state index is -0.439. The normalized spacial score (nSPS) is 20.1. The average Bonchev–Trinajstić information content (AvgIpc) is 2.69. The first kappa shape index (κ1) is 16.2. The van der Waals surface area contributed by atoms with Crippen molar-refractivity contribution < 1.29 is 14.4 Å². The summed E-state index contributed by atoms with van der Waals surface area (Å²) in [6.45, 7) is 12.0. The second kappa shape index (κ2) is 7.10. The minimum absolute atomic E-state index is 0.169. The average molecular weight is 272 g/mol. The van der Waals surface area contributed by atoms with Crippen LogP contribution >= 0.6 is 0 Å². The van der Waals surface area contributed by atoms with Crippen LogP contribution in [-0.4, -0.2) is 42.3 Å². The molecule has 5 nitrogen and oxygen atoms in total. The molecule has 0 saturated carbocycles. The van der Waals surface area contributed by atoms with E-state index in [1.54, 1.807) is 4.90 Å². The van der Waals surface area contributed by atoms with E-state index in [4.69, 9.17) is 9.57 Å². The van der Waals surface area contributed by atoms with Crippen LogP contribution in [0.5, 0.6) is 0 Å². The summed E-state index contributed by atoms with van der Waals surface area (Å²) in [7, 11) is 0. The molecule has 0 radical (unpaired) electrons. The molecule has 1 amide bonds. The highest BCUT2D eigenvalue weighted by Gasteiger charge is 2.31. The molecule has 0 bridgehead atoms. The molecule has 112 valence electrons. The highest BCUT2D eigenvalue weighted by Crippen LogP contribution is 2.20. The van der Waals surface area contributed by atoms with E-state index in [-0.39, 0.29) is 12.1 Å². The number of likely N-dealkylation sites (tertiary alicyclic amines) is 1. The number of hydroxylamine groups is 1. The maximum Gasteiger partial charge on any atom is 0.410 e. The molecule has 0 aromatic carbocycles. The van der Waals surface area contributed by atoms with Crippen molar-refractivity contribution in [1.29, 1.82) is 0 Å². The van der Waals surface area contributed by atoms with Gasteiger partial charge >= 0.3 is 6.09 Å². The summed E-state index contributed by atoms with van der Waals surface area (Å²) < 4.78 is 5.41. The molecule has 1 aliphatic heterocycles. The van der Waals surface area contributed by atoms with Crippen molar-refractivity contribution >= 4 is 6.09 Å². The third-order valence-corrected chi connectivity index (χ3v) is 2.84. The molecule has 1 N–H and O–H groups in total. The summed E-state index contributed by atoms with van der Waals surface area (Å²) in [4.78, 5) is 19.2. The molecule has 1 unspecified atom stereocenters. The quantitative estimate of drug-likeness (QED) is 0.617. The first-order valence-electron chi connectivity index (χ1n) is 7.14. The number of amides is 1. The van der Waals surface area contributed by atoms with Crippen molar-refractivity contribution in [3.63, 3.8) is 0 Å². The van der Waals surface area contributed by atoms with Crippen molar-refractivity contribution in [2.24, 2.45) is 5.92 Å². The molecule has 1 heterocycles. The lowest BCUT2D eigenvalue weighted by molar-refractivity contribution is 0.000413. The van der Waals surface area contributed by atoms with Crippen molar-refractivity contribution in [2.45, 2.75) is 59.1 Å². The lowest BCUT2D eigenvalue weighted by Crippen LogP contribution is -2.44. The van der Waals surface area contributed by atoms with E-state index in [2.05, 4.69) is 19.3 Å². The molecule has 1 fully saturated rings. The van der Waals surface area contributed by atoms with Gasteiger partial charge in [0, 0.05) is 19.1 Å². The molecule has 5 heteroatoms. The van der Waals surface area contributed by atoms with Gasteiger partial charge in [-0.1, -0.05) is 13.8 Å². The van der Waals surface area contributed by atoms with Crippen LogP contribution < -0.4 is 5.48 Å². The van der Waals surface area contributed by atoms with E-state index >= 15 is 0 Å². The molecule has 0 aromatic rings. The molecular formula is C14H28N2O3. The van der Waals surface area contributed by atoms with Crippen molar-refractivity contribution in [3.05, 3.63) is 0 Å². The summed E-state index contributed by atoms with van der Waals surface area (Å²) in [5, 5.41) is 0. The van der Waals surface area contributed by atoms with E-state index in [0.717, 1.165) is 19.4 Å². The second-order valence-corrected chi connectivity index (χ2v) is 6.52. The maximum absolute atomic E-state index is 12.0. The smallest absolute Gasteiger partial charge is 0.410 e. The fraction of sp³-hybridized carbons (Fsp3) is 0.929. The van der Waals surface area contributed by atoms with E-state index in [9.17, 15) is 4.79 Å². The molecule has 1 atom stereocenters. The number of rotatable bonds is 5. The fourth-order valence-electron chi connectivity index (χ4n) is 1.99. The van der Waals surface area contributed by atoms with Gasteiger partial charge in [0.05, 0.1) is 6.61 Å². The standard InChI is InChI=1S/C14H28N2O3/c1-11(2)10-18-15-9-12-7-6-8-16(12)13(17)19-14(3,4)5/h11-12,15H,6-10H2,1-5H3. The van der Waals surface area contributed by atoms with Crippen LogP contribution in [0.4, 0.5) is 4.79 Å². The Morgan fingerprint density at radius 3 is 2.68 bits per heavy atom. The zero-order chi connectivity index (χ0) is 14.5. The van der Waals surface area contributed by atoms with Crippen LogP contribution in [-0.2, 0) is 9.57 Å². The molecule has 1 aliphatic rings. The fourth-order valence-corrected chi connectivity index (χ4v) is 1.99. The summed E-state index contributed by atoms with van der Waals surface area (Å²) >= 11 is 0. The van der Waals surface area contributed by atoms with Gasteiger partial charge in [-0.15, -0.1) is 0 Å². The van der Waals surface area contributed by atoms with Crippen molar-refractivity contribution in [2.75, 3.05) is 19.7 Å². The van der Waals surface area contributed by atoms with Crippen LogP contribution in [0.1, 0.15) is 47.5 Å². The van der Waals surface area contributed by atoms with E-state index in [1.165, 1.54) is 0 Å². The Morgan fingerprint density at radius 1 is 1.42 bits per heavy atom. The van der Waals surface area contributed by atoms with Gasteiger partial charge in [0.15, 0.2) is 0 Å². The van der Waals surface area contributed by atoms with Crippen molar-refractivity contribution in [1.82, 2.24) is 10.4 Å². The summed E-state index contributed by atoms with van der Waals surface area (Å²) in [6, 6.07) is 0.169.